The fourth-order valence-electron chi connectivity index (χ4n) is 2.61. The highest BCUT2D eigenvalue weighted by Crippen LogP contribution is 2.20. The van der Waals surface area contributed by atoms with Crippen LogP contribution in [0.4, 0.5) is 4.79 Å². The lowest BCUT2D eigenvalue weighted by Crippen LogP contribution is -2.39. The Hall–Kier alpha value is -2.49. The average Bonchev–Trinajstić information content (AvgIpc) is 2.65. The van der Waals surface area contributed by atoms with E-state index in [9.17, 15) is 4.79 Å². The number of rotatable bonds is 7. The minimum Gasteiger partial charge on any atom is -0.497 e. The van der Waals surface area contributed by atoms with Crippen molar-refractivity contribution in [1.82, 2.24) is 10.6 Å². The lowest BCUT2D eigenvalue weighted by Gasteiger charge is -2.19. The zero-order chi connectivity index (χ0) is 17.4. The SMILES string of the molecule is CCC(NC(=O)NCC(C)c1ccccc1)c1ccc(OC)cc1. The summed E-state index contributed by atoms with van der Waals surface area (Å²) in [7, 11) is 1.64. The molecule has 2 aromatic carbocycles. The number of nitrogens with one attached hydrogen (secondary N) is 2. The highest BCUT2D eigenvalue weighted by molar-refractivity contribution is 5.74. The molecular weight excluding hydrogens is 300 g/mol. The molecule has 24 heavy (non-hydrogen) atoms. The van der Waals surface area contributed by atoms with Crippen LogP contribution < -0.4 is 15.4 Å². The predicted octanol–water partition coefficient (Wildman–Crippen LogP) is 4.25. The van der Waals surface area contributed by atoms with Crippen LogP contribution in [0.1, 0.15) is 43.4 Å². The predicted molar refractivity (Wildman–Crippen MR) is 97.4 cm³/mol. The van der Waals surface area contributed by atoms with Gasteiger partial charge in [-0.15, -0.1) is 0 Å². The van der Waals surface area contributed by atoms with Gasteiger partial charge in [0.1, 0.15) is 5.75 Å². The number of methoxy groups -OCH3 is 1. The third kappa shape index (κ3) is 5.01. The Kier molecular flexibility index (Phi) is 6.67. The van der Waals surface area contributed by atoms with E-state index in [2.05, 4.69) is 36.6 Å². The Morgan fingerprint density at radius 3 is 2.29 bits per heavy atom. The number of urea groups is 1. The number of carbonyl (C=O) groups is 1. The van der Waals surface area contributed by atoms with Gasteiger partial charge in [0, 0.05) is 6.54 Å². The van der Waals surface area contributed by atoms with Gasteiger partial charge in [-0.1, -0.05) is 56.3 Å². The second-order valence-electron chi connectivity index (χ2n) is 5.90. The molecule has 0 heterocycles. The van der Waals surface area contributed by atoms with Crippen molar-refractivity contribution in [2.75, 3.05) is 13.7 Å². The number of ether oxygens (including phenoxy) is 1. The molecule has 2 N–H and O–H groups in total. The smallest absolute Gasteiger partial charge is 0.315 e. The van der Waals surface area contributed by atoms with E-state index in [1.54, 1.807) is 7.11 Å². The van der Waals surface area contributed by atoms with Crippen LogP contribution in [0.3, 0.4) is 0 Å². The zero-order valence-electron chi connectivity index (χ0n) is 14.6. The van der Waals surface area contributed by atoms with Crippen molar-refractivity contribution >= 4 is 6.03 Å². The van der Waals surface area contributed by atoms with E-state index in [0.717, 1.165) is 17.7 Å². The third-order valence-electron chi connectivity index (χ3n) is 4.17. The van der Waals surface area contributed by atoms with Gasteiger partial charge in [-0.2, -0.15) is 0 Å². The van der Waals surface area contributed by atoms with Crippen molar-refractivity contribution in [2.24, 2.45) is 0 Å². The van der Waals surface area contributed by atoms with Crippen LogP contribution >= 0.6 is 0 Å². The summed E-state index contributed by atoms with van der Waals surface area (Å²) < 4.78 is 5.17. The molecule has 0 spiro atoms. The van der Waals surface area contributed by atoms with Crippen molar-refractivity contribution in [1.29, 1.82) is 0 Å². The summed E-state index contributed by atoms with van der Waals surface area (Å²) in [6.07, 6.45) is 0.827. The molecule has 0 aliphatic carbocycles. The van der Waals surface area contributed by atoms with Crippen LogP contribution in [0.15, 0.2) is 54.6 Å². The van der Waals surface area contributed by atoms with E-state index in [1.807, 2.05) is 42.5 Å². The summed E-state index contributed by atoms with van der Waals surface area (Å²) in [5.74, 6) is 1.09. The molecule has 0 fully saturated rings. The topological polar surface area (TPSA) is 50.4 Å². The summed E-state index contributed by atoms with van der Waals surface area (Å²) in [4.78, 5) is 12.2. The van der Waals surface area contributed by atoms with Crippen LogP contribution in [-0.2, 0) is 0 Å². The van der Waals surface area contributed by atoms with Crippen LogP contribution in [0.5, 0.6) is 5.75 Å². The zero-order valence-corrected chi connectivity index (χ0v) is 14.6. The molecule has 128 valence electrons. The van der Waals surface area contributed by atoms with E-state index < -0.39 is 0 Å². The van der Waals surface area contributed by atoms with Gasteiger partial charge >= 0.3 is 6.03 Å². The van der Waals surface area contributed by atoms with Crippen molar-refractivity contribution in [3.63, 3.8) is 0 Å². The van der Waals surface area contributed by atoms with Crippen molar-refractivity contribution in [3.05, 3.63) is 65.7 Å². The molecule has 0 saturated carbocycles. The molecular formula is C20H26N2O2. The lowest BCUT2D eigenvalue weighted by atomic mass is 10.0. The molecule has 2 amide bonds. The van der Waals surface area contributed by atoms with Gasteiger partial charge in [0.25, 0.3) is 0 Å². The van der Waals surface area contributed by atoms with E-state index in [4.69, 9.17) is 4.74 Å². The first-order valence-electron chi connectivity index (χ1n) is 8.37. The molecule has 2 rings (SSSR count). The Balaban J connectivity index is 1.87. The largest absolute Gasteiger partial charge is 0.497 e. The van der Waals surface area contributed by atoms with Gasteiger partial charge in [0.15, 0.2) is 0 Å². The van der Waals surface area contributed by atoms with Gasteiger partial charge in [0.05, 0.1) is 13.2 Å². The Morgan fingerprint density at radius 2 is 1.71 bits per heavy atom. The molecule has 0 aromatic heterocycles. The molecule has 4 nitrogen and oxygen atoms in total. The van der Waals surface area contributed by atoms with Crippen molar-refractivity contribution < 1.29 is 9.53 Å². The molecule has 2 aromatic rings. The standard InChI is InChI=1S/C20H26N2O2/c1-4-19(17-10-12-18(24-3)13-11-17)22-20(23)21-14-15(2)16-8-6-5-7-9-16/h5-13,15,19H,4,14H2,1-3H3,(H2,21,22,23). The summed E-state index contributed by atoms with van der Waals surface area (Å²) >= 11 is 0. The molecule has 0 radical (unpaired) electrons. The molecule has 2 atom stereocenters. The normalized spacial score (nSPS) is 13.0. The highest BCUT2D eigenvalue weighted by atomic mass is 16.5. The summed E-state index contributed by atoms with van der Waals surface area (Å²) in [6.45, 7) is 4.77. The highest BCUT2D eigenvalue weighted by Gasteiger charge is 2.13. The lowest BCUT2D eigenvalue weighted by molar-refractivity contribution is 0.236. The number of carbonyl (C=O) groups excluding carboxylic acids is 1. The fraction of sp³-hybridized carbons (Fsp3) is 0.350. The van der Waals surface area contributed by atoms with E-state index >= 15 is 0 Å². The Morgan fingerprint density at radius 1 is 1.04 bits per heavy atom. The fourth-order valence-corrected chi connectivity index (χ4v) is 2.61. The molecule has 2 unspecified atom stereocenters. The minimum absolute atomic E-state index is 0.0112. The van der Waals surface area contributed by atoms with Gasteiger partial charge < -0.3 is 15.4 Å². The summed E-state index contributed by atoms with van der Waals surface area (Å²) in [5, 5.41) is 6.00. The molecule has 0 aliphatic heterocycles. The maximum absolute atomic E-state index is 12.2. The Labute approximate surface area is 144 Å². The van der Waals surface area contributed by atoms with Crippen LogP contribution in [0.25, 0.3) is 0 Å². The first kappa shape index (κ1) is 17.9. The number of amides is 2. The third-order valence-corrected chi connectivity index (χ3v) is 4.17. The molecule has 4 heteroatoms. The molecule has 0 aliphatic rings. The van der Waals surface area contributed by atoms with Gasteiger partial charge in [-0.05, 0) is 35.6 Å². The summed E-state index contributed by atoms with van der Waals surface area (Å²) in [6, 6.07) is 17.8. The number of hydrogen-bond acceptors (Lipinski definition) is 2. The maximum atomic E-state index is 12.2. The first-order chi connectivity index (χ1) is 11.6. The monoisotopic (exact) mass is 326 g/mol. The van der Waals surface area contributed by atoms with E-state index in [-0.39, 0.29) is 18.0 Å². The quantitative estimate of drug-likeness (QED) is 0.799. The first-order valence-corrected chi connectivity index (χ1v) is 8.37. The molecule has 0 bridgehead atoms. The second-order valence-corrected chi connectivity index (χ2v) is 5.90. The van der Waals surface area contributed by atoms with Crippen LogP contribution in [0.2, 0.25) is 0 Å². The van der Waals surface area contributed by atoms with E-state index in [1.165, 1.54) is 5.56 Å². The Bertz CT molecular complexity index is 626. The van der Waals surface area contributed by atoms with Gasteiger partial charge in [-0.3, -0.25) is 0 Å². The summed E-state index contributed by atoms with van der Waals surface area (Å²) in [5.41, 5.74) is 2.30. The average molecular weight is 326 g/mol. The number of benzene rings is 2. The van der Waals surface area contributed by atoms with E-state index in [0.29, 0.717) is 6.54 Å². The van der Waals surface area contributed by atoms with Gasteiger partial charge in [0.2, 0.25) is 0 Å². The van der Waals surface area contributed by atoms with Crippen LogP contribution in [0, 0.1) is 0 Å². The second kappa shape index (κ2) is 8.96. The minimum atomic E-state index is -0.138. The maximum Gasteiger partial charge on any atom is 0.315 e. The van der Waals surface area contributed by atoms with Crippen LogP contribution in [-0.4, -0.2) is 19.7 Å². The number of hydrogen-bond donors (Lipinski definition) is 2. The van der Waals surface area contributed by atoms with Crippen molar-refractivity contribution in [3.8, 4) is 5.75 Å². The van der Waals surface area contributed by atoms with Crippen molar-refractivity contribution in [2.45, 2.75) is 32.2 Å². The van der Waals surface area contributed by atoms with Gasteiger partial charge in [-0.25, -0.2) is 4.79 Å². The molecule has 0 saturated heterocycles.